The molecule has 0 atom stereocenters. The van der Waals surface area contributed by atoms with Crippen molar-refractivity contribution >= 4 is 5.84 Å². The highest BCUT2D eigenvalue weighted by atomic mass is 19.1. The molecule has 0 aliphatic carbocycles. The van der Waals surface area contributed by atoms with Gasteiger partial charge in [0.25, 0.3) is 0 Å². The van der Waals surface area contributed by atoms with Crippen molar-refractivity contribution < 1.29 is 4.39 Å². The molecule has 23 heavy (non-hydrogen) atoms. The molecule has 1 aromatic heterocycles. The number of fused-ring (bicyclic) bond motifs is 1. The Hall–Kier alpha value is -3.08. The predicted molar refractivity (Wildman–Crippen MR) is 87.3 cm³/mol. The highest BCUT2D eigenvalue weighted by molar-refractivity contribution is 6.08. The van der Waals surface area contributed by atoms with E-state index in [1.807, 2.05) is 36.4 Å². The molecule has 0 fully saturated rings. The molecule has 5 heteroatoms. The summed E-state index contributed by atoms with van der Waals surface area (Å²) < 4.78 is 13.6. The Morgan fingerprint density at radius 3 is 2.43 bits per heavy atom. The molecule has 0 saturated carbocycles. The molecule has 0 bridgehead atoms. The second-order valence-corrected chi connectivity index (χ2v) is 5.32. The molecule has 112 valence electrons. The minimum atomic E-state index is -0.314. The standard InChI is InChI=1S/C18H13FN4/c19-13-8-4-7-12(9-13)17-15(11-5-2-1-3-6-11)16-14(22-23-17)10-21-18(16)20/h1-9H,10H2,(H2,20,21). The molecule has 0 spiro atoms. The van der Waals surface area contributed by atoms with Crippen molar-refractivity contribution in [3.05, 3.63) is 71.7 Å². The van der Waals surface area contributed by atoms with E-state index in [2.05, 4.69) is 15.2 Å². The van der Waals surface area contributed by atoms with Crippen LogP contribution in [0.2, 0.25) is 0 Å². The Kier molecular flexibility index (Phi) is 3.12. The zero-order chi connectivity index (χ0) is 15.8. The highest BCUT2D eigenvalue weighted by Crippen LogP contribution is 2.36. The number of nitrogens with two attached hydrogens (primary N) is 1. The van der Waals surface area contributed by atoms with Gasteiger partial charge >= 0.3 is 0 Å². The summed E-state index contributed by atoms with van der Waals surface area (Å²) in [6.45, 7) is 0.428. The minimum Gasteiger partial charge on any atom is -0.383 e. The van der Waals surface area contributed by atoms with E-state index in [0.29, 0.717) is 23.6 Å². The maximum atomic E-state index is 13.6. The van der Waals surface area contributed by atoms with Gasteiger partial charge < -0.3 is 5.73 Å². The Morgan fingerprint density at radius 2 is 1.65 bits per heavy atom. The van der Waals surface area contributed by atoms with Crippen molar-refractivity contribution in [2.24, 2.45) is 10.7 Å². The molecule has 3 aromatic rings. The van der Waals surface area contributed by atoms with Gasteiger partial charge in [0.2, 0.25) is 0 Å². The van der Waals surface area contributed by atoms with E-state index in [1.165, 1.54) is 12.1 Å². The van der Waals surface area contributed by atoms with E-state index in [9.17, 15) is 4.39 Å². The van der Waals surface area contributed by atoms with Crippen LogP contribution in [0, 0.1) is 5.82 Å². The van der Waals surface area contributed by atoms with Crippen molar-refractivity contribution in [3.8, 4) is 22.4 Å². The molecule has 2 N–H and O–H groups in total. The summed E-state index contributed by atoms with van der Waals surface area (Å²) >= 11 is 0. The number of hydrogen-bond donors (Lipinski definition) is 1. The van der Waals surface area contributed by atoms with Gasteiger partial charge in [0.15, 0.2) is 0 Å². The Labute approximate surface area is 132 Å². The van der Waals surface area contributed by atoms with Gasteiger partial charge in [-0.25, -0.2) is 4.39 Å². The number of aromatic nitrogens is 2. The molecule has 4 nitrogen and oxygen atoms in total. The predicted octanol–water partition coefficient (Wildman–Crippen LogP) is 3.17. The maximum Gasteiger partial charge on any atom is 0.128 e. The molecular formula is C18H13FN4. The summed E-state index contributed by atoms with van der Waals surface area (Å²) in [6, 6.07) is 16.1. The fourth-order valence-corrected chi connectivity index (χ4v) is 2.82. The average Bonchev–Trinajstić information content (AvgIpc) is 2.96. The Balaban J connectivity index is 2.04. The first-order chi connectivity index (χ1) is 11.2. The number of aliphatic imine (C=N–C) groups is 1. The second-order valence-electron chi connectivity index (χ2n) is 5.32. The molecule has 0 amide bonds. The third kappa shape index (κ3) is 2.26. The third-order valence-electron chi connectivity index (χ3n) is 3.86. The quantitative estimate of drug-likeness (QED) is 0.791. The number of benzene rings is 2. The van der Waals surface area contributed by atoms with E-state index in [4.69, 9.17) is 5.73 Å². The maximum absolute atomic E-state index is 13.6. The van der Waals surface area contributed by atoms with Gasteiger partial charge in [-0.2, -0.15) is 5.10 Å². The van der Waals surface area contributed by atoms with E-state index < -0.39 is 0 Å². The summed E-state index contributed by atoms with van der Waals surface area (Å²) in [6.07, 6.45) is 0. The fraction of sp³-hybridized carbons (Fsp3) is 0.0556. The molecule has 0 saturated heterocycles. The van der Waals surface area contributed by atoms with Gasteiger partial charge in [-0.1, -0.05) is 42.5 Å². The van der Waals surface area contributed by atoms with Crippen molar-refractivity contribution in [1.82, 2.24) is 10.2 Å². The van der Waals surface area contributed by atoms with Crippen LogP contribution in [0.4, 0.5) is 4.39 Å². The molecule has 2 aromatic carbocycles. The monoisotopic (exact) mass is 304 g/mol. The van der Waals surface area contributed by atoms with E-state index in [1.54, 1.807) is 6.07 Å². The zero-order valence-corrected chi connectivity index (χ0v) is 12.2. The molecule has 1 aliphatic heterocycles. The third-order valence-corrected chi connectivity index (χ3v) is 3.86. The molecule has 0 unspecified atom stereocenters. The SMILES string of the molecule is NC1=NCc2nnc(-c3cccc(F)c3)c(-c3ccccc3)c21. The smallest absolute Gasteiger partial charge is 0.128 e. The molecule has 0 radical (unpaired) electrons. The van der Waals surface area contributed by atoms with Crippen LogP contribution in [-0.4, -0.2) is 16.0 Å². The number of halogens is 1. The van der Waals surface area contributed by atoms with E-state index in [0.717, 1.165) is 22.4 Å². The van der Waals surface area contributed by atoms with Crippen LogP contribution in [0.3, 0.4) is 0 Å². The summed E-state index contributed by atoms with van der Waals surface area (Å²) in [5.74, 6) is 0.136. The Bertz CT molecular complexity index is 920. The first-order valence-electron chi connectivity index (χ1n) is 7.25. The van der Waals surface area contributed by atoms with Crippen molar-refractivity contribution in [1.29, 1.82) is 0 Å². The van der Waals surface area contributed by atoms with Crippen molar-refractivity contribution in [2.45, 2.75) is 6.54 Å². The van der Waals surface area contributed by atoms with E-state index in [-0.39, 0.29) is 5.82 Å². The number of nitrogens with zero attached hydrogens (tertiary/aromatic N) is 3. The first-order valence-corrected chi connectivity index (χ1v) is 7.25. The van der Waals surface area contributed by atoms with Crippen LogP contribution >= 0.6 is 0 Å². The molecule has 2 heterocycles. The second kappa shape index (κ2) is 5.28. The van der Waals surface area contributed by atoms with Gasteiger partial charge in [-0.3, -0.25) is 4.99 Å². The number of amidine groups is 1. The largest absolute Gasteiger partial charge is 0.383 e. The van der Waals surface area contributed by atoms with Crippen LogP contribution in [-0.2, 0) is 6.54 Å². The summed E-state index contributed by atoms with van der Waals surface area (Å²) in [7, 11) is 0. The van der Waals surface area contributed by atoms with E-state index >= 15 is 0 Å². The van der Waals surface area contributed by atoms with Gasteiger partial charge in [0.05, 0.1) is 17.8 Å². The molecule has 4 rings (SSSR count). The Morgan fingerprint density at radius 1 is 0.870 bits per heavy atom. The summed E-state index contributed by atoms with van der Waals surface area (Å²) in [5.41, 5.74) is 10.7. The van der Waals surface area contributed by atoms with Crippen LogP contribution in [0.5, 0.6) is 0 Å². The number of hydrogen-bond acceptors (Lipinski definition) is 4. The van der Waals surface area contributed by atoms with Gasteiger partial charge in [-0.15, -0.1) is 5.10 Å². The van der Waals surface area contributed by atoms with Crippen LogP contribution in [0.1, 0.15) is 11.3 Å². The van der Waals surface area contributed by atoms with Crippen molar-refractivity contribution in [2.75, 3.05) is 0 Å². The van der Waals surface area contributed by atoms with Crippen molar-refractivity contribution in [3.63, 3.8) is 0 Å². The zero-order valence-electron chi connectivity index (χ0n) is 12.2. The first kappa shape index (κ1) is 13.6. The number of rotatable bonds is 2. The molecular weight excluding hydrogens is 291 g/mol. The molecule has 1 aliphatic rings. The summed E-state index contributed by atoms with van der Waals surface area (Å²) in [4.78, 5) is 4.26. The lowest BCUT2D eigenvalue weighted by atomic mass is 9.94. The fourth-order valence-electron chi connectivity index (χ4n) is 2.82. The average molecular weight is 304 g/mol. The van der Waals surface area contributed by atoms with Gasteiger partial charge in [0, 0.05) is 11.1 Å². The lowest BCUT2D eigenvalue weighted by Gasteiger charge is -2.13. The van der Waals surface area contributed by atoms with Gasteiger partial charge in [-0.05, 0) is 17.7 Å². The normalized spacial score (nSPS) is 12.8. The van der Waals surface area contributed by atoms with Crippen LogP contribution in [0.15, 0.2) is 59.6 Å². The minimum absolute atomic E-state index is 0.314. The van der Waals surface area contributed by atoms with Crippen LogP contribution in [0.25, 0.3) is 22.4 Å². The van der Waals surface area contributed by atoms with Crippen LogP contribution < -0.4 is 5.73 Å². The summed E-state index contributed by atoms with van der Waals surface area (Å²) in [5, 5.41) is 8.56. The lowest BCUT2D eigenvalue weighted by molar-refractivity contribution is 0.628. The topological polar surface area (TPSA) is 64.2 Å². The highest BCUT2D eigenvalue weighted by Gasteiger charge is 2.24. The lowest BCUT2D eigenvalue weighted by Crippen LogP contribution is -2.14. The van der Waals surface area contributed by atoms with Gasteiger partial charge in [0.1, 0.15) is 17.3 Å².